The molecule has 11 heteroatoms. The van der Waals surface area contributed by atoms with E-state index in [9.17, 15) is 18.0 Å². The fourth-order valence-electron chi connectivity index (χ4n) is 4.74. The standard InChI is InChI=1S/C21H20F3N7O/c1-12-3-2-4-14(19(12)31-27-5-6-28-31)20(32)30-11-13-7-15(16(30)8-13)29-18-10-25-17(9-26-18)21(22,23)24/h2-6,9-10,13,15-16H,7-8,11H2,1H3,(H,26,29)/t13-,15+,16-/m0/s1. The summed E-state index contributed by atoms with van der Waals surface area (Å²) in [6.45, 7) is 2.54. The van der Waals surface area contributed by atoms with E-state index in [1.165, 1.54) is 4.80 Å². The number of nitrogens with zero attached hydrogens (tertiary/aromatic N) is 6. The van der Waals surface area contributed by atoms with Gasteiger partial charge in [0.05, 0.1) is 36.4 Å². The van der Waals surface area contributed by atoms with E-state index in [4.69, 9.17) is 0 Å². The number of alkyl halides is 3. The van der Waals surface area contributed by atoms with Crippen LogP contribution in [0.3, 0.4) is 0 Å². The first-order chi connectivity index (χ1) is 15.3. The van der Waals surface area contributed by atoms with Crippen molar-refractivity contribution in [1.82, 2.24) is 29.9 Å². The van der Waals surface area contributed by atoms with Gasteiger partial charge in [0, 0.05) is 12.6 Å². The molecule has 1 amide bonds. The highest BCUT2D eigenvalue weighted by molar-refractivity contribution is 5.98. The fraction of sp³-hybridized carbons (Fsp3) is 0.381. The van der Waals surface area contributed by atoms with E-state index in [2.05, 4.69) is 25.5 Å². The molecule has 2 aromatic heterocycles. The third-order valence-corrected chi connectivity index (χ3v) is 6.11. The van der Waals surface area contributed by atoms with Crippen LogP contribution < -0.4 is 5.32 Å². The molecule has 0 radical (unpaired) electrons. The van der Waals surface area contributed by atoms with Gasteiger partial charge in [-0.05, 0) is 37.3 Å². The molecule has 1 saturated carbocycles. The zero-order chi connectivity index (χ0) is 22.5. The van der Waals surface area contributed by atoms with Crippen LogP contribution in [0.15, 0.2) is 43.0 Å². The number of likely N-dealkylation sites (tertiary alicyclic amines) is 1. The van der Waals surface area contributed by atoms with Crippen molar-refractivity contribution in [3.8, 4) is 5.69 Å². The first-order valence-corrected chi connectivity index (χ1v) is 10.2. The highest BCUT2D eigenvalue weighted by Gasteiger charge is 2.47. The molecule has 3 aromatic rings. The minimum absolute atomic E-state index is 0.0875. The second kappa shape index (κ2) is 7.57. The van der Waals surface area contributed by atoms with Crippen LogP contribution in [0.5, 0.6) is 0 Å². The summed E-state index contributed by atoms with van der Waals surface area (Å²) in [6.07, 6.45) is 2.04. The smallest absolute Gasteiger partial charge is 0.364 e. The number of hydrogen-bond donors (Lipinski definition) is 1. The molecule has 1 aromatic carbocycles. The summed E-state index contributed by atoms with van der Waals surface area (Å²) < 4.78 is 38.2. The van der Waals surface area contributed by atoms with Crippen molar-refractivity contribution >= 4 is 11.7 Å². The monoisotopic (exact) mass is 443 g/mol. The number of rotatable bonds is 4. The number of carbonyl (C=O) groups is 1. The number of fused-ring (bicyclic) bond motifs is 2. The lowest BCUT2D eigenvalue weighted by molar-refractivity contribution is -0.141. The summed E-state index contributed by atoms with van der Waals surface area (Å²) in [7, 11) is 0. The largest absolute Gasteiger partial charge is 0.434 e. The maximum Gasteiger partial charge on any atom is 0.434 e. The van der Waals surface area contributed by atoms with Gasteiger partial charge in [0.2, 0.25) is 0 Å². The lowest BCUT2D eigenvalue weighted by Gasteiger charge is -2.34. The summed E-state index contributed by atoms with van der Waals surface area (Å²) in [5.74, 6) is 0.471. The average Bonchev–Trinajstić information content (AvgIpc) is 3.50. The van der Waals surface area contributed by atoms with Gasteiger partial charge in [-0.15, -0.1) is 0 Å². The number of halogens is 3. The van der Waals surface area contributed by atoms with Gasteiger partial charge >= 0.3 is 6.18 Å². The summed E-state index contributed by atoms with van der Waals surface area (Å²) >= 11 is 0. The molecule has 1 saturated heterocycles. The van der Waals surface area contributed by atoms with Gasteiger partial charge in [0.1, 0.15) is 11.5 Å². The molecule has 3 atom stereocenters. The Morgan fingerprint density at radius 3 is 2.56 bits per heavy atom. The molecule has 1 N–H and O–H groups in total. The van der Waals surface area contributed by atoms with E-state index >= 15 is 0 Å². The van der Waals surface area contributed by atoms with Crippen molar-refractivity contribution in [1.29, 1.82) is 0 Å². The van der Waals surface area contributed by atoms with E-state index in [1.807, 2.05) is 24.0 Å². The van der Waals surface area contributed by atoms with Crippen molar-refractivity contribution in [3.05, 3.63) is 59.8 Å². The molecule has 1 aliphatic carbocycles. The Hall–Kier alpha value is -3.50. The van der Waals surface area contributed by atoms with E-state index < -0.39 is 11.9 Å². The number of para-hydroxylation sites is 1. The second-order valence-electron chi connectivity index (χ2n) is 8.19. The molecule has 5 rings (SSSR count). The van der Waals surface area contributed by atoms with Crippen molar-refractivity contribution in [3.63, 3.8) is 0 Å². The Kier molecular flexibility index (Phi) is 4.83. The first-order valence-electron chi connectivity index (χ1n) is 10.2. The van der Waals surface area contributed by atoms with Crippen molar-refractivity contribution in [2.75, 3.05) is 11.9 Å². The predicted octanol–water partition coefficient (Wildman–Crippen LogP) is 3.10. The number of carbonyl (C=O) groups excluding carboxylic acids is 1. The Bertz CT molecular complexity index is 1130. The van der Waals surface area contributed by atoms with E-state index in [0.717, 1.165) is 24.6 Å². The second-order valence-corrected chi connectivity index (χ2v) is 8.19. The number of piperidine rings is 1. The van der Waals surface area contributed by atoms with Crippen LogP contribution >= 0.6 is 0 Å². The molecule has 2 aliphatic rings. The predicted molar refractivity (Wildman–Crippen MR) is 108 cm³/mol. The zero-order valence-electron chi connectivity index (χ0n) is 17.1. The Labute approximate surface area is 181 Å². The summed E-state index contributed by atoms with van der Waals surface area (Å²) in [5.41, 5.74) is 1.00. The lowest BCUT2D eigenvalue weighted by Crippen LogP contribution is -2.48. The van der Waals surface area contributed by atoms with Gasteiger partial charge in [0.15, 0.2) is 5.69 Å². The number of hydrogen-bond acceptors (Lipinski definition) is 6. The summed E-state index contributed by atoms with van der Waals surface area (Å²) in [4.78, 5) is 24.1. The number of benzene rings is 1. The number of nitrogens with one attached hydrogen (secondary N) is 1. The first kappa shape index (κ1) is 20.4. The molecule has 2 bridgehead atoms. The maximum atomic E-state index is 13.5. The summed E-state index contributed by atoms with van der Waals surface area (Å²) in [5, 5.41) is 11.6. The quantitative estimate of drug-likeness (QED) is 0.667. The van der Waals surface area contributed by atoms with Crippen molar-refractivity contribution in [2.45, 2.75) is 38.0 Å². The molecule has 0 unspecified atom stereocenters. The van der Waals surface area contributed by atoms with Crippen LogP contribution in [0.25, 0.3) is 5.69 Å². The van der Waals surface area contributed by atoms with Gasteiger partial charge in [-0.2, -0.15) is 28.2 Å². The topological polar surface area (TPSA) is 88.8 Å². The van der Waals surface area contributed by atoms with Crippen LogP contribution in [0.2, 0.25) is 0 Å². The molecule has 32 heavy (non-hydrogen) atoms. The highest BCUT2D eigenvalue weighted by atomic mass is 19.4. The van der Waals surface area contributed by atoms with Gasteiger partial charge in [-0.3, -0.25) is 4.79 Å². The zero-order valence-corrected chi connectivity index (χ0v) is 17.1. The molecular weight excluding hydrogens is 423 g/mol. The molecule has 8 nitrogen and oxygen atoms in total. The number of aromatic nitrogens is 5. The molecular formula is C21H20F3N7O. The Balaban J connectivity index is 1.37. The van der Waals surface area contributed by atoms with E-state index in [1.54, 1.807) is 18.5 Å². The number of amides is 1. The van der Waals surface area contributed by atoms with Crippen LogP contribution in [0, 0.1) is 12.8 Å². The molecule has 1 aliphatic heterocycles. The maximum absolute atomic E-state index is 13.5. The van der Waals surface area contributed by atoms with Crippen LogP contribution in [-0.2, 0) is 6.18 Å². The summed E-state index contributed by atoms with van der Waals surface area (Å²) in [6, 6.07) is 5.30. The normalized spacial score (nSPS) is 22.4. The van der Waals surface area contributed by atoms with Crippen molar-refractivity contribution < 1.29 is 18.0 Å². The SMILES string of the molecule is Cc1cccc(C(=O)N2C[C@H]3C[C@@H](Nc4cnc(C(F)(F)F)cn4)[C@@H]2C3)c1-n1nccn1. The van der Waals surface area contributed by atoms with Gasteiger partial charge < -0.3 is 10.2 Å². The van der Waals surface area contributed by atoms with E-state index in [-0.39, 0.29) is 23.8 Å². The lowest BCUT2D eigenvalue weighted by atomic mass is 10.0. The third-order valence-electron chi connectivity index (χ3n) is 6.11. The average molecular weight is 443 g/mol. The third kappa shape index (κ3) is 3.57. The van der Waals surface area contributed by atoms with Gasteiger partial charge in [0.25, 0.3) is 5.91 Å². The number of aryl methyl sites for hydroxylation is 1. The van der Waals surface area contributed by atoms with Gasteiger partial charge in [-0.1, -0.05) is 12.1 Å². The van der Waals surface area contributed by atoms with Crippen molar-refractivity contribution in [2.24, 2.45) is 5.92 Å². The molecule has 2 fully saturated rings. The van der Waals surface area contributed by atoms with Crippen LogP contribution in [0.1, 0.15) is 34.5 Å². The molecule has 0 spiro atoms. The Morgan fingerprint density at radius 2 is 1.91 bits per heavy atom. The highest BCUT2D eigenvalue weighted by Crippen LogP contribution is 2.40. The van der Waals surface area contributed by atoms with Crippen LogP contribution in [0.4, 0.5) is 19.0 Å². The minimum atomic E-state index is -4.53. The van der Waals surface area contributed by atoms with Crippen LogP contribution in [-0.4, -0.2) is 54.4 Å². The number of anilines is 1. The Morgan fingerprint density at radius 1 is 1.12 bits per heavy atom. The molecule has 166 valence electrons. The van der Waals surface area contributed by atoms with Gasteiger partial charge in [-0.25, -0.2) is 9.97 Å². The molecule has 3 heterocycles. The fourth-order valence-corrected chi connectivity index (χ4v) is 4.74. The van der Waals surface area contributed by atoms with E-state index in [0.29, 0.717) is 29.9 Å². The minimum Gasteiger partial charge on any atom is -0.364 e.